The molecule has 2 aromatic carbocycles. The van der Waals surface area contributed by atoms with Crippen LogP contribution in [0.4, 0.5) is 0 Å². The lowest BCUT2D eigenvalue weighted by Gasteiger charge is -2.14. The zero-order valence-electron chi connectivity index (χ0n) is 17.0. The summed E-state index contributed by atoms with van der Waals surface area (Å²) < 4.78 is 22.8. The predicted octanol–water partition coefficient (Wildman–Crippen LogP) is 4.38. The van der Waals surface area contributed by atoms with Gasteiger partial charge in [0.25, 0.3) is 5.91 Å². The highest BCUT2D eigenvalue weighted by Crippen LogP contribution is 2.37. The van der Waals surface area contributed by atoms with Gasteiger partial charge in [-0.15, -0.1) is 0 Å². The molecule has 0 saturated carbocycles. The molecular formula is C22H23NO5S2. The fraction of sp³-hybridized carbons (Fsp3) is 0.273. The van der Waals surface area contributed by atoms with E-state index in [1.54, 1.807) is 27.3 Å². The van der Waals surface area contributed by atoms with E-state index >= 15 is 0 Å². The van der Waals surface area contributed by atoms with Crippen LogP contribution in [0.2, 0.25) is 0 Å². The standard InChI is InChI=1S/C22H23NO5S2/c1-23-21(24)19(30-22(23)29)14-15-6-4-7-18(26-3)20(15)28-13-5-12-27-17-10-8-16(25-2)9-11-17/h4,6-11,14H,5,12-13H2,1-3H3. The lowest BCUT2D eigenvalue weighted by molar-refractivity contribution is -0.121. The number of carbonyl (C=O) groups is 1. The Hall–Kier alpha value is -2.71. The Morgan fingerprint density at radius 2 is 1.70 bits per heavy atom. The minimum absolute atomic E-state index is 0.119. The largest absolute Gasteiger partial charge is 0.497 e. The molecule has 6 nitrogen and oxygen atoms in total. The second-order valence-corrected chi connectivity index (χ2v) is 8.02. The van der Waals surface area contributed by atoms with Crippen molar-refractivity contribution in [2.45, 2.75) is 6.42 Å². The van der Waals surface area contributed by atoms with Crippen molar-refractivity contribution in [2.24, 2.45) is 0 Å². The molecule has 1 amide bonds. The van der Waals surface area contributed by atoms with Crippen molar-refractivity contribution in [1.82, 2.24) is 4.90 Å². The highest BCUT2D eigenvalue weighted by molar-refractivity contribution is 8.26. The molecule has 2 aromatic rings. The van der Waals surface area contributed by atoms with Gasteiger partial charge in [0.05, 0.1) is 32.3 Å². The molecule has 0 atom stereocenters. The van der Waals surface area contributed by atoms with Crippen LogP contribution in [0.5, 0.6) is 23.0 Å². The molecule has 8 heteroatoms. The second kappa shape index (κ2) is 10.4. The molecule has 0 spiro atoms. The molecule has 1 saturated heterocycles. The highest BCUT2D eigenvalue weighted by atomic mass is 32.2. The van der Waals surface area contributed by atoms with Crippen LogP contribution < -0.4 is 18.9 Å². The van der Waals surface area contributed by atoms with Crippen LogP contribution >= 0.6 is 24.0 Å². The Kier molecular flexibility index (Phi) is 7.59. The first-order valence-electron chi connectivity index (χ1n) is 9.31. The maximum Gasteiger partial charge on any atom is 0.265 e. The molecule has 0 radical (unpaired) electrons. The van der Waals surface area contributed by atoms with E-state index in [-0.39, 0.29) is 5.91 Å². The molecule has 0 aromatic heterocycles. The minimum atomic E-state index is -0.119. The van der Waals surface area contributed by atoms with Gasteiger partial charge in [-0.2, -0.15) is 0 Å². The van der Waals surface area contributed by atoms with Crippen LogP contribution in [-0.2, 0) is 4.79 Å². The smallest absolute Gasteiger partial charge is 0.265 e. The third kappa shape index (κ3) is 5.25. The number of thiocarbonyl (C=S) groups is 1. The number of benzene rings is 2. The number of thioether (sulfide) groups is 1. The van der Waals surface area contributed by atoms with Crippen molar-refractivity contribution in [3.8, 4) is 23.0 Å². The first-order valence-corrected chi connectivity index (χ1v) is 10.5. The molecule has 3 rings (SSSR count). The Balaban J connectivity index is 1.62. The second-order valence-electron chi connectivity index (χ2n) is 6.35. The van der Waals surface area contributed by atoms with Gasteiger partial charge < -0.3 is 18.9 Å². The van der Waals surface area contributed by atoms with Crippen molar-refractivity contribution >= 4 is 40.3 Å². The summed E-state index contributed by atoms with van der Waals surface area (Å²) in [6, 6.07) is 13.0. The van der Waals surface area contributed by atoms with Gasteiger partial charge in [-0.3, -0.25) is 9.69 Å². The molecule has 0 N–H and O–H groups in total. The SMILES string of the molecule is COc1ccc(OCCCOc2c(C=C3SC(=S)N(C)C3=O)cccc2OC)cc1. The van der Waals surface area contributed by atoms with E-state index in [9.17, 15) is 4.79 Å². The quantitative estimate of drug-likeness (QED) is 0.322. The van der Waals surface area contributed by atoms with Gasteiger partial charge in [0.15, 0.2) is 11.5 Å². The van der Waals surface area contributed by atoms with Crippen molar-refractivity contribution in [1.29, 1.82) is 0 Å². The lowest BCUT2D eigenvalue weighted by Crippen LogP contribution is -2.22. The van der Waals surface area contributed by atoms with Gasteiger partial charge >= 0.3 is 0 Å². The molecular weight excluding hydrogens is 422 g/mol. The number of likely N-dealkylation sites (N-methyl/N-ethyl adjacent to an activating group) is 1. The predicted molar refractivity (Wildman–Crippen MR) is 123 cm³/mol. The number of hydrogen-bond acceptors (Lipinski definition) is 7. The summed E-state index contributed by atoms with van der Waals surface area (Å²) in [5.74, 6) is 2.63. The number of amides is 1. The monoisotopic (exact) mass is 445 g/mol. The molecule has 158 valence electrons. The first kappa shape index (κ1) is 22.0. The average molecular weight is 446 g/mol. The zero-order chi connectivity index (χ0) is 21.5. The van der Waals surface area contributed by atoms with E-state index in [1.165, 1.54) is 16.7 Å². The molecule has 0 aliphatic carbocycles. The average Bonchev–Trinajstić information content (AvgIpc) is 3.01. The molecule has 1 fully saturated rings. The molecule has 30 heavy (non-hydrogen) atoms. The number of methoxy groups -OCH3 is 2. The Labute approximate surface area is 185 Å². The third-order valence-corrected chi connectivity index (χ3v) is 5.85. The summed E-state index contributed by atoms with van der Waals surface area (Å²) in [5, 5.41) is 0. The van der Waals surface area contributed by atoms with E-state index < -0.39 is 0 Å². The van der Waals surface area contributed by atoms with Gasteiger partial charge in [-0.1, -0.05) is 36.1 Å². The van der Waals surface area contributed by atoms with Gasteiger partial charge in [0, 0.05) is 19.0 Å². The molecule has 1 aliphatic heterocycles. The van der Waals surface area contributed by atoms with Crippen molar-refractivity contribution < 1.29 is 23.7 Å². The number of rotatable bonds is 9. The van der Waals surface area contributed by atoms with Crippen LogP contribution in [0.15, 0.2) is 47.4 Å². The number of para-hydroxylation sites is 1. The van der Waals surface area contributed by atoms with Crippen molar-refractivity contribution in [3.05, 3.63) is 52.9 Å². The van der Waals surface area contributed by atoms with Crippen LogP contribution in [-0.4, -0.2) is 49.6 Å². The maximum atomic E-state index is 12.3. The van der Waals surface area contributed by atoms with Crippen LogP contribution in [0.3, 0.4) is 0 Å². The van der Waals surface area contributed by atoms with Gasteiger partial charge in [-0.05, 0) is 36.4 Å². The van der Waals surface area contributed by atoms with E-state index in [0.717, 1.165) is 17.1 Å². The van der Waals surface area contributed by atoms with Gasteiger partial charge in [-0.25, -0.2) is 0 Å². The van der Waals surface area contributed by atoms with Crippen molar-refractivity contribution in [2.75, 3.05) is 34.5 Å². The van der Waals surface area contributed by atoms with Crippen molar-refractivity contribution in [3.63, 3.8) is 0 Å². The third-order valence-electron chi connectivity index (χ3n) is 4.37. The Morgan fingerprint density at radius 3 is 2.33 bits per heavy atom. The summed E-state index contributed by atoms with van der Waals surface area (Å²) in [4.78, 5) is 14.3. The van der Waals surface area contributed by atoms with E-state index in [4.69, 9.17) is 31.2 Å². The summed E-state index contributed by atoms with van der Waals surface area (Å²) in [7, 11) is 4.89. The highest BCUT2D eigenvalue weighted by Gasteiger charge is 2.29. The molecule has 0 unspecified atom stereocenters. The lowest BCUT2D eigenvalue weighted by atomic mass is 10.1. The fourth-order valence-corrected chi connectivity index (χ4v) is 3.91. The first-order chi connectivity index (χ1) is 14.5. The summed E-state index contributed by atoms with van der Waals surface area (Å²) in [5.41, 5.74) is 0.763. The number of carbonyl (C=O) groups excluding carboxylic acids is 1. The van der Waals surface area contributed by atoms with Crippen LogP contribution in [0.25, 0.3) is 6.08 Å². The van der Waals surface area contributed by atoms with E-state index in [2.05, 4.69) is 0 Å². The van der Waals surface area contributed by atoms with Crippen LogP contribution in [0.1, 0.15) is 12.0 Å². The molecule has 0 bridgehead atoms. The summed E-state index contributed by atoms with van der Waals surface area (Å²) in [6.45, 7) is 0.942. The zero-order valence-corrected chi connectivity index (χ0v) is 18.7. The minimum Gasteiger partial charge on any atom is -0.497 e. The van der Waals surface area contributed by atoms with Gasteiger partial charge in [0.2, 0.25) is 0 Å². The molecule has 1 heterocycles. The maximum absolute atomic E-state index is 12.3. The number of hydrogen-bond donors (Lipinski definition) is 0. The number of nitrogens with zero attached hydrogens (tertiary/aromatic N) is 1. The summed E-state index contributed by atoms with van der Waals surface area (Å²) >= 11 is 6.47. The van der Waals surface area contributed by atoms with Gasteiger partial charge in [0.1, 0.15) is 15.8 Å². The molecule has 1 aliphatic rings. The normalized spacial score (nSPS) is 14.9. The van der Waals surface area contributed by atoms with E-state index in [0.29, 0.717) is 40.4 Å². The number of ether oxygens (including phenoxy) is 4. The topological polar surface area (TPSA) is 57.2 Å². The Bertz CT molecular complexity index is 943. The summed E-state index contributed by atoms with van der Waals surface area (Å²) in [6.07, 6.45) is 2.47. The van der Waals surface area contributed by atoms with E-state index in [1.807, 2.05) is 42.5 Å². The van der Waals surface area contributed by atoms with Crippen LogP contribution in [0, 0.1) is 0 Å². The Morgan fingerprint density at radius 1 is 1.00 bits per heavy atom. The fourth-order valence-electron chi connectivity index (χ4n) is 2.74.